The third kappa shape index (κ3) is 4.83. The first-order valence-corrected chi connectivity index (χ1v) is 10.2. The molecule has 1 unspecified atom stereocenters. The van der Waals surface area contributed by atoms with Crippen LogP contribution in [0.3, 0.4) is 0 Å². The highest BCUT2D eigenvalue weighted by atomic mass is 19.4. The van der Waals surface area contributed by atoms with Gasteiger partial charge in [0.1, 0.15) is 29.3 Å². The van der Waals surface area contributed by atoms with Crippen LogP contribution < -0.4 is 25.0 Å². The number of benzene rings is 1. The molecule has 1 aromatic heterocycles. The number of pyridine rings is 1. The molecule has 184 valence electrons. The molecular weight excluding hydrogens is 470 g/mol. The second-order valence-electron chi connectivity index (χ2n) is 7.95. The van der Waals surface area contributed by atoms with E-state index in [0.29, 0.717) is 17.8 Å². The standard InChI is InChI=1S/C21H20F6N4O3/c1-33-19-17(18(32)30-16-7-28-10-20(16,23)24)15(2-3-29-19)31-8-14(9-31)34-13-5-11(21(25,26)27)4-12(22)6-13/h2-6,14,16,28H,7-10H2,1H3,(H,30,32). The van der Waals surface area contributed by atoms with Crippen molar-refractivity contribution < 1.29 is 40.6 Å². The molecule has 2 fully saturated rings. The van der Waals surface area contributed by atoms with E-state index in [1.54, 1.807) is 4.90 Å². The second kappa shape index (κ2) is 8.85. The van der Waals surface area contributed by atoms with Crippen molar-refractivity contribution in [3.05, 3.63) is 47.4 Å². The summed E-state index contributed by atoms with van der Waals surface area (Å²) in [6, 6.07) is 2.00. The zero-order valence-corrected chi connectivity index (χ0v) is 17.8. The van der Waals surface area contributed by atoms with Crippen molar-refractivity contribution in [2.24, 2.45) is 0 Å². The van der Waals surface area contributed by atoms with Crippen molar-refractivity contribution in [1.82, 2.24) is 15.6 Å². The summed E-state index contributed by atoms with van der Waals surface area (Å²) in [4.78, 5) is 18.5. The van der Waals surface area contributed by atoms with E-state index in [0.717, 1.165) is 6.07 Å². The van der Waals surface area contributed by atoms with Gasteiger partial charge in [-0.15, -0.1) is 0 Å². The van der Waals surface area contributed by atoms with Crippen LogP contribution in [0.4, 0.5) is 32.0 Å². The molecule has 2 N–H and O–H groups in total. The average Bonchev–Trinajstić information content (AvgIpc) is 3.06. The van der Waals surface area contributed by atoms with Gasteiger partial charge in [0.05, 0.1) is 38.0 Å². The predicted molar refractivity (Wildman–Crippen MR) is 108 cm³/mol. The number of amides is 1. The first-order chi connectivity index (χ1) is 16.0. The van der Waals surface area contributed by atoms with E-state index in [1.165, 1.54) is 19.4 Å². The van der Waals surface area contributed by atoms with Crippen LogP contribution in [0.1, 0.15) is 15.9 Å². The molecule has 4 rings (SSSR count). The molecule has 0 aliphatic carbocycles. The summed E-state index contributed by atoms with van der Waals surface area (Å²) in [5.74, 6) is -5.37. The van der Waals surface area contributed by atoms with Crippen LogP contribution in [0.5, 0.6) is 11.6 Å². The molecule has 1 aromatic carbocycles. The fourth-order valence-corrected chi connectivity index (χ4v) is 3.80. The van der Waals surface area contributed by atoms with Crippen molar-refractivity contribution >= 4 is 11.6 Å². The number of hydrogen-bond acceptors (Lipinski definition) is 6. The Kier molecular flexibility index (Phi) is 6.23. The quantitative estimate of drug-likeness (QED) is 0.607. The maximum Gasteiger partial charge on any atom is 0.416 e. The molecule has 34 heavy (non-hydrogen) atoms. The van der Waals surface area contributed by atoms with E-state index < -0.39 is 48.1 Å². The lowest BCUT2D eigenvalue weighted by molar-refractivity contribution is -0.137. The zero-order chi connectivity index (χ0) is 24.7. The number of anilines is 1. The summed E-state index contributed by atoms with van der Waals surface area (Å²) in [7, 11) is 1.28. The van der Waals surface area contributed by atoms with Gasteiger partial charge >= 0.3 is 6.18 Å². The highest BCUT2D eigenvalue weighted by molar-refractivity contribution is 6.02. The van der Waals surface area contributed by atoms with Crippen LogP contribution in [0, 0.1) is 5.82 Å². The third-order valence-electron chi connectivity index (χ3n) is 5.53. The van der Waals surface area contributed by atoms with Crippen LogP contribution in [0.25, 0.3) is 0 Å². The molecule has 7 nitrogen and oxygen atoms in total. The number of ether oxygens (including phenoxy) is 2. The average molecular weight is 490 g/mol. The molecule has 2 saturated heterocycles. The van der Waals surface area contributed by atoms with Gasteiger partial charge in [0.25, 0.3) is 11.8 Å². The summed E-state index contributed by atoms with van der Waals surface area (Å²) in [5.41, 5.74) is -0.903. The lowest BCUT2D eigenvalue weighted by atomic mass is 10.1. The summed E-state index contributed by atoms with van der Waals surface area (Å²) in [5, 5.41) is 4.82. The van der Waals surface area contributed by atoms with Gasteiger partial charge in [-0.3, -0.25) is 4.79 Å². The van der Waals surface area contributed by atoms with Crippen LogP contribution >= 0.6 is 0 Å². The number of methoxy groups -OCH3 is 1. The second-order valence-corrected chi connectivity index (χ2v) is 7.95. The molecule has 1 atom stereocenters. The third-order valence-corrected chi connectivity index (χ3v) is 5.53. The van der Waals surface area contributed by atoms with Crippen LogP contribution in [-0.4, -0.2) is 62.2 Å². The Labute approximate surface area is 190 Å². The number of hydrogen-bond donors (Lipinski definition) is 2. The lowest BCUT2D eigenvalue weighted by Crippen LogP contribution is -2.55. The number of carbonyl (C=O) groups is 1. The van der Waals surface area contributed by atoms with E-state index in [9.17, 15) is 31.1 Å². The minimum atomic E-state index is -4.73. The Morgan fingerprint density at radius 1 is 1.26 bits per heavy atom. The Hall–Kier alpha value is -3.22. The number of alkyl halides is 5. The molecule has 2 aromatic rings. The van der Waals surface area contributed by atoms with E-state index in [4.69, 9.17) is 9.47 Å². The van der Waals surface area contributed by atoms with Gasteiger partial charge in [-0.25, -0.2) is 18.2 Å². The number of carbonyl (C=O) groups excluding carboxylic acids is 1. The lowest BCUT2D eigenvalue weighted by Gasteiger charge is -2.41. The normalized spacial score (nSPS) is 20.1. The van der Waals surface area contributed by atoms with Crippen LogP contribution in [0.2, 0.25) is 0 Å². The van der Waals surface area contributed by atoms with Gasteiger partial charge in [0, 0.05) is 18.8 Å². The molecule has 0 bridgehead atoms. The van der Waals surface area contributed by atoms with Crippen molar-refractivity contribution in [3.63, 3.8) is 0 Å². The smallest absolute Gasteiger partial charge is 0.416 e. The van der Waals surface area contributed by atoms with Gasteiger partial charge in [-0.2, -0.15) is 13.2 Å². The number of aromatic nitrogens is 1. The van der Waals surface area contributed by atoms with Crippen molar-refractivity contribution in [1.29, 1.82) is 0 Å². The number of halogens is 6. The van der Waals surface area contributed by atoms with Gasteiger partial charge in [-0.05, 0) is 18.2 Å². The van der Waals surface area contributed by atoms with Crippen molar-refractivity contribution in [3.8, 4) is 11.6 Å². The predicted octanol–water partition coefficient (Wildman–Crippen LogP) is 2.85. The van der Waals surface area contributed by atoms with Crippen LogP contribution in [-0.2, 0) is 6.18 Å². The fraction of sp³-hybridized carbons (Fsp3) is 0.429. The van der Waals surface area contributed by atoms with Crippen molar-refractivity contribution in [2.45, 2.75) is 24.2 Å². The van der Waals surface area contributed by atoms with E-state index >= 15 is 0 Å². The SMILES string of the molecule is COc1nccc(N2CC(Oc3cc(F)cc(C(F)(F)F)c3)C2)c1C(=O)NC1CNCC1(F)F. The summed E-state index contributed by atoms with van der Waals surface area (Å²) >= 11 is 0. The number of nitrogens with one attached hydrogen (secondary N) is 2. The maximum absolute atomic E-state index is 13.9. The molecule has 0 spiro atoms. The topological polar surface area (TPSA) is 75.7 Å². The van der Waals surface area contributed by atoms with Crippen molar-refractivity contribution in [2.75, 3.05) is 38.2 Å². The minimum absolute atomic E-state index is 0.0590. The molecule has 13 heteroatoms. The van der Waals surface area contributed by atoms with Crippen LogP contribution in [0.15, 0.2) is 30.5 Å². The molecule has 3 heterocycles. The highest BCUT2D eigenvalue weighted by Gasteiger charge is 2.45. The van der Waals surface area contributed by atoms with Gasteiger partial charge in [-0.1, -0.05) is 0 Å². The van der Waals surface area contributed by atoms with E-state index in [-0.39, 0.29) is 36.8 Å². The maximum atomic E-state index is 13.9. The minimum Gasteiger partial charge on any atom is -0.487 e. The Morgan fingerprint density at radius 3 is 2.62 bits per heavy atom. The fourth-order valence-electron chi connectivity index (χ4n) is 3.80. The van der Waals surface area contributed by atoms with Gasteiger partial charge < -0.3 is 25.0 Å². The largest absolute Gasteiger partial charge is 0.487 e. The first kappa shape index (κ1) is 23.9. The van der Waals surface area contributed by atoms with Gasteiger partial charge in [0.2, 0.25) is 5.88 Å². The van der Waals surface area contributed by atoms with E-state index in [1.807, 2.05) is 0 Å². The van der Waals surface area contributed by atoms with E-state index in [2.05, 4.69) is 15.6 Å². The number of nitrogens with zero attached hydrogens (tertiary/aromatic N) is 2. The summed E-state index contributed by atoms with van der Waals surface area (Å²) in [6.45, 7) is -0.376. The molecule has 1 amide bonds. The highest BCUT2D eigenvalue weighted by Crippen LogP contribution is 2.35. The first-order valence-electron chi connectivity index (χ1n) is 10.2. The van der Waals surface area contributed by atoms with Gasteiger partial charge in [0.15, 0.2) is 0 Å². The Balaban J connectivity index is 1.48. The number of rotatable bonds is 6. The molecule has 2 aliphatic heterocycles. The summed E-state index contributed by atoms with van der Waals surface area (Å²) < 4.78 is 90.8. The monoisotopic (exact) mass is 490 g/mol. The summed E-state index contributed by atoms with van der Waals surface area (Å²) in [6.07, 6.45) is -3.96. The molecule has 2 aliphatic rings. The Morgan fingerprint density at radius 2 is 2.00 bits per heavy atom. The molecule has 0 radical (unpaired) electrons. The Bertz CT molecular complexity index is 1070. The molecular formula is C21H20F6N4O3. The molecule has 0 saturated carbocycles. The zero-order valence-electron chi connectivity index (χ0n) is 17.8.